The molecular formula is C10H11N3O3. The first kappa shape index (κ1) is 10.6. The molecular weight excluding hydrogens is 210 g/mol. The number of nitrogens with two attached hydrogens (primary N) is 1. The smallest absolute Gasteiger partial charge is 0.269 e. The Labute approximate surface area is 91.8 Å². The second kappa shape index (κ2) is 3.90. The summed E-state index contributed by atoms with van der Waals surface area (Å²) in [5.74, 6) is -0.131. The van der Waals surface area contributed by atoms with Crippen molar-refractivity contribution in [3.05, 3.63) is 34.4 Å². The molecule has 0 aromatic heterocycles. The van der Waals surface area contributed by atoms with E-state index in [2.05, 4.69) is 0 Å². The topological polar surface area (TPSA) is 89.5 Å². The number of non-ortho nitro benzene ring substituents is 1. The maximum Gasteiger partial charge on any atom is 0.269 e. The average molecular weight is 221 g/mol. The molecule has 1 aromatic rings. The summed E-state index contributed by atoms with van der Waals surface area (Å²) in [5.41, 5.74) is 6.25. The molecule has 1 unspecified atom stereocenters. The van der Waals surface area contributed by atoms with E-state index in [-0.39, 0.29) is 11.6 Å². The lowest BCUT2D eigenvalue weighted by Gasteiger charge is -2.15. The lowest BCUT2D eigenvalue weighted by atomic mass is 10.2. The maximum absolute atomic E-state index is 11.6. The van der Waals surface area contributed by atoms with Gasteiger partial charge in [-0.1, -0.05) is 0 Å². The highest BCUT2D eigenvalue weighted by atomic mass is 16.6. The van der Waals surface area contributed by atoms with Gasteiger partial charge in [0.1, 0.15) is 0 Å². The molecule has 84 valence electrons. The number of benzene rings is 1. The number of carbonyl (C=O) groups is 1. The van der Waals surface area contributed by atoms with Crippen molar-refractivity contribution in [3.8, 4) is 0 Å². The molecule has 6 nitrogen and oxygen atoms in total. The van der Waals surface area contributed by atoms with Gasteiger partial charge in [-0.25, -0.2) is 0 Å². The summed E-state index contributed by atoms with van der Waals surface area (Å²) in [7, 11) is 0. The average Bonchev–Trinajstić information content (AvgIpc) is 2.60. The molecule has 0 bridgehead atoms. The first-order chi connectivity index (χ1) is 7.59. The number of carbonyl (C=O) groups excluding carboxylic acids is 1. The number of rotatable bonds is 2. The van der Waals surface area contributed by atoms with Gasteiger partial charge in [-0.2, -0.15) is 0 Å². The van der Waals surface area contributed by atoms with Crippen LogP contribution < -0.4 is 10.6 Å². The summed E-state index contributed by atoms with van der Waals surface area (Å²) in [4.78, 5) is 23.1. The van der Waals surface area contributed by atoms with Crippen molar-refractivity contribution >= 4 is 17.3 Å². The van der Waals surface area contributed by atoms with Crippen LogP contribution in [0.3, 0.4) is 0 Å². The minimum atomic E-state index is -0.471. The SMILES string of the molecule is NC1CCN(c2ccc([N+](=O)[O-])cc2)C1=O. The van der Waals surface area contributed by atoms with Crippen molar-refractivity contribution in [2.75, 3.05) is 11.4 Å². The summed E-state index contributed by atoms with van der Waals surface area (Å²) in [5, 5.41) is 10.5. The van der Waals surface area contributed by atoms with E-state index in [1.54, 1.807) is 17.0 Å². The van der Waals surface area contributed by atoms with Crippen LogP contribution in [0.5, 0.6) is 0 Å². The molecule has 1 atom stereocenters. The summed E-state index contributed by atoms with van der Waals surface area (Å²) in [6.07, 6.45) is 0.621. The van der Waals surface area contributed by atoms with Crippen molar-refractivity contribution < 1.29 is 9.72 Å². The highest BCUT2D eigenvalue weighted by Gasteiger charge is 2.29. The van der Waals surface area contributed by atoms with E-state index in [1.165, 1.54) is 12.1 Å². The van der Waals surface area contributed by atoms with Gasteiger partial charge in [-0.05, 0) is 18.6 Å². The second-order valence-corrected chi connectivity index (χ2v) is 3.66. The van der Waals surface area contributed by atoms with Gasteiger partial charge in [0.2, 0.25) is 5.91 Å². The minimum Gasteiger partial charge on any atom is -0.320 e. The van der Waals surface area contributed by atoms with Gasteiger partial charge in [-0.15, -0.1) is 0 Å². The molecule has 1 amide bonds. The highest BCUT2D eigenvalue weighted by Crippen LogP contribution is 2.23. The number of anilines is 1. The number of amides is 1. The second-order valence-electron chi connectivity index (χ2n) is 3.66. The van der Waals surface area contributed by atoms with Crippen LogP contribution in [0.4, 0.5) is 11.4 Å². The molecule has 2 N–H and O–H groups in total. The standard InChI is InChI=1S/C10H11N3O3/c11-9-5-6-12(10(9)14)7-1-3-8(4-2-7)13(15)16/h1-4,9H,5-6,11H2. The quantitative estimate of drug-likeness (QED) is 0.586. The van der Waals surface area contributed by atoms with Crippen LogP contribution in [-0.2, 0) is 4.79 Å². The van der Waals surface area contributed by atoms with Gasteiger partial charge in [0, 0.05) is 24.4 Å². The number of nitrogens with zero attached hydrogens (tertiary/aromatic N) is 2. The van der Waals surface area contributed by atoms with Crippen LogP contribution in [0, 0.1) is 10.1 Å². The normalized spacial score (nSPS) is 20.2. The first-order valence-electron chi connectivity index (χ1n) is 4.91. The van der Waals surface area contributed by atoms with Crippen molar-refractivity contribution in [3.63, 3.8) is 0 Å². The van der Waals surface area contributed by atoms with Crippen LogP contribution in [-0.4, -0.2) is 23.4 Å². The lowest BCUT2D eigenvalue weighted by molar-refractivity contribution is -0.384. The molecule has 0 saturated carbocycles. The lowest BCUT2D eigenvalue weighted by Crippen LogP contribution is -2.33. The molecule has 1 aliphatic heterocycles. The van der Waals surface area contributed by atoms with Crippen molar-refractivity contribution in [1.29, 1.82) is 0 Å². The van der Waals surface area contributed by atoms with Crippen molar-refractivity contribution in [2.45, 2.75) is 12.5 Å². The Morgan fingerprint density at radius 3 is 2.44 bits per heavy atom. The number of nitro benzene ring substituents is 1. The Morgan fingerprint density at radius 2 is 2.00 bits per heavy atom. The predicted octanol–water partition coefficient (Wildman–Crippen LogP) is 0.659. The maximum atomic E-state index is 11.6. The van der Waals surface area contributed by atoms with E-state index in [1.807, 2.05) is 0 Å². The summed E-state index contributed by atoms with van der Waals surface area (Å²) in [6.45, 7) is 0.567. The van der Waals surface area contributed by atoms with Gasteiger partial charge in [0.05, 0.1) is 11.0 Å². The van der Waals surface area contributed by atoms with E-state index in [4.69, 9.17) is 5.73 Å². The third kappa shape index (κ3) is 1.74. The molecule has 1 heterocycles. The molecule has 16 heavy (non-hydrogen) atoms. The Hall–Kier alpha value is -1.95. The van der Waals surface area contributed by atoms with Gasteiger partial charge in [0.15, 0.2) is 0 Å². The predicted molar refractivity (Wildman–Crippen MR) is 58.0 cm³/mol. The van der Waals surface area contributed by atoms with Gasteiger partial charge in [-0.3, -0.25) is 14.9 Å². The fourth-order valence-electron chi connectivity index (χ4n) is 1.71. The monoisotopic (exact) mass is 221 g/mol. The molecule has 1 saturated heterocycles. The number of nitro groups is 1. The Kier molecular flexibility index (Phi) is 2.57. The fraction of sp³-hybridized carbons (Fsp3) is 0.300. The largest absolute Gasteiger partial charge is 0.320 e. The third-order valence-electron chi connectivity index (χ3n) is 2.62. The van der Waals surface area contributed by atoms with Crippen LogP contribution in [0.25, 0.3) is 0 Å². The zero-order valence-corrected chi connectivity index (χ0v) is 8.50. The third-order valence-corrected chi connectivity index (χ3v) is 2.62. The Balaban J connectivity index is 2.22. The molecule has 6 heteroatoms. The zero-order valence-electron chi connectivity index (χ0n) is 8.50. The van der Waals surface area contributed by atoms with Crippen molar-refractivity contribution in [1.82, 2.24) is 0 Å². The fourth-order valence-corrected chi connectivity index (χ4v) is 1.71. The van der Waals surface area contributed by atoms with Crippen LogP contribution >= 0.6 is 0 Å². The Bertz CT molecular complexity index is 429. The number of hydrogen-bond acceptors (Lipinski definition) is 4. The molecule has 0 radical (unpaired) electrons. The molecule has 0 spiro atoms. The molecule has 0 aliphatic carbocycles. The van der Waals surface area contributed by atoms with Crippen LogP contribution in [0.15, 0.2) is 24.3 Å². The van der Waals surface area contributed by atoms with Gasteiger partial charge < -0.3 is 10.6 Å². The summed E-state index contributed by atoms with van der Waals surface area (Å²) >= 11 is 0. The first-order valence-corrected chi connectivity index (χ1v) is 4.91. The van der Waals surface area contributed by atoms with E-state index >= 15 is 0 Å². The van der Waals surface area contributed by atoms with E-state index in [0.29, 0.717) is 18.7 Å². The minimum absolute atomic E-state index is 0.0136. The Morgan fingerprint density at radius 1 is 1.38 bits per heavy atom. The van der Waals surface area contributed by atoms with E-state index in [9.17, 15) is 14.9 Å². The molecule has 1 fully saturated rings. The van der Waals surface area contributed by atoms with E-state index in [0.717, 1.165) is 0 Å². The highest BCUT2D eigenvalue weighted by molar-refractivity contribution is 5.99. The summed E-state index contributed by atoms with van der Waals surface area (Å²) < 4.78 is 0. The zero-order chi connectivity index (χ0) is 11.7. The van der Waals surface area contributed by atoms with E-state index < -0.39 is 11.0 Å². The molecule has 1 aliphatic rings. The van der Waals surface area contributed by atoms with Gasteiger partial charge in [0.25, 0.3) is 5.69 Å². The van der Waals surface area contributed by atoms with Crippen molar-refractivity contribution in [2.24, 2.45) is 5.73 Å². The van der Waals surface area contributed by atoms with Gasteiger partial charge >= 0.3 is 0 Å². The molecule has 1 aromatic carbocycles. The van der Waals surface area contributed by atoms with Crippen LogP contribution in [0.2, 0.25) is 0 Å². The van der Waals surface area contributed by atoms with Crippen LogP contribution in [0.1, 0.15) is 6.42 Å². The number of hydrogen-bond donors (Lipinski definition) is 1. The molecule has 2 rings (SSSR count). The summed E-state index contributed by atoms with van der Waals surface area (Å²) in [6, 6.07) is 5.44.